The molecule has 0 heterocycles. The van der Waals surface area contributed by atoms with Crippen LogP contribution in [-0.4, -0.2) is 12.2 Å². The maximum absolute atomic E-state index is 13.4. The van der Waals surface area contributed by atoms with Gasteiger partial charge in [-0.3, -0.25) is 0 Å². The third kappa shape index (κ3) is 3.00. The molecule has 0 radical (unpaired) electrons. The SMILES string of the molecule is COc1cc(C(O)c2ccc(Cl)c(F)c2)ccc1Cl. The van der Waals surface area contributed by atoms with Crippen molar-refractivity contribution < 1.29 is 14.2 Å². The molecule has 0 bridgehead atoms. The number of aliphatic hydroxyl groups excluding tert-OH is 1. The van der Waals surface area contributed by atoms with Crippen LogP contribution < -0.4 is 4.74 Å². The van der Waals surface area contributed by atoms with Gasteiger partial charge in [0.05, 0.1) is 17.2 Å². The molecule has 0 aliphatic rings. The minimum atomic E-state index is -0.974. The fraction of sp³-hybridized carbons (Fsp3) is 0.143. The smallest absolute Gasteiger partial charge is 0.142 e. The summed E-state index contributed by atoms with van der Waals surface area (Å²) in [4.78, 5) is 0. The molecule has 19 heavy (non-hydrogen) atoms. The van der Waals surface area contributed by atoms with E-state index in [4.69, 9.17) is 27.9 Å². The number of aliphatic hydroxyl groups is 1. The Morgan fingerprint density at radius 1 is 1.05 bits per heavy atom. The normalized spacial score (nSPS) is 12.3. The van der Waals surface area contributed by atoms with E-state index in [1.165, 1.54) is 19.2 Å². The molecule has 2 nitrogen and oxygen atoms in total. The predicted molar refractivity (Wildman–Crippen MR) is 73.5 cm³/mol. The zero-order valence-corrected chi connectivity index (χ0v) is 11.5. The number of methoxy groups -OCH3 is 1. The Bertz CT molecular complexity index is 602. The Balaban J connectivity index is 2.37. The molecule has 2 rings (SSSR count). The largest absolute Gasteiger partial charge is 0.495 e. The molecule has 1 atom stereocenters. The molecule has 2 aromatic rings. The van der Waals surface area contributed by atoms with E-state index in [9.17, 15) is 9.50 Å². The lowest BCUT2D eigenvalue weighted by Gasteiger charge is -2.13. The highest BCUT2D eigenvalue weighted by Crippen LogP contribution is 2.31. The van der Waals surface area contributed by atoms with Gasteiger partial charge < -0.3 is 9.84 Å². The minimum Gasteiger partial charge on any atom is -0.495 e. The predicted octanol–water partition coefficient (Wildman–Crippen LogP) is 4.22. The summed E-state index contributed by atoms with van der Waals surface area (Å²) in [6.07, 6.45) is -0.974. The molecule has 0 amide bonds. The van der Waals surface area contributed by atoms with Crippen molar-refractivity contribution in [1.82, 2.24) is 0 Å². The summed E-state index contributed by atoms with van der Waals surface area (Å²) in [5.74, 6) is -0.119. The van der Waals surface area contributed by atoms with Gasteiger partial charge in [-0.05, 0) is 35.4 Å². The average Bonchev–Trinajstić information content (AvgIpc) is 2.41. The van der Waals surface area contributed by atoms with Crippen LogP contribution in [0.4, 0.5) is 4.39 Å². The Morgan fingerprint density at radius 2 is 1.63 bits per heavy atom. The van der Waals surface area contributed by atoms with Gasteiger partial charge in [0, 0.05) is 0 Å². The highest BCUT2D eigenvalue weighted by molar-refractivity contribution is 6.32. The van der Waals surface area contributed by atoms with Gasteiger partial charge in [0.2, 0.25) is 0 Å². The van der Waals surface area contributed by atoms with Crippen molar-refractivity contribution in [3.8, 4) is 5.75 Å². The molecule has 0 aliphatic heterocycles. The molecule has 2 aromatic carbocycles. The number of halogens is 3. The van der Waals surface area contributed by atoms with Gasteiger partial charge in [-0.15, -0.1) is 0 Å². The van der Waals surface area contributed by atoms with E-state index in [1.54, 1.807) is 24.3 Å². The average molecular weight is 301 g/mol. The van der Waals surface area contributed by atoms with E-state index in [0.29, 0.717) is 21.9 Å². The first kappa shape index (κ1) is 14.1. The van der Waals surface area contributed by atoms with Crippen molar-refractivity contribution in [2.75, 3.05) is 7.11 Å². The van der Waals surface area contributed by atoms with E-state index in [0.717, 1.165) is 0 Å². The molecular formula is C14H11Cl2FO2. The molecule has 0 fully saturated rings. The summed E-state index contributed by atoms with van der Waals surface area (Å²) in [6.45, 7) is 0. The lowest BCUT2D eigenvalue weighted by molar-refractivity contribution is 0.219. The van der Waals surface area contributed by atoms with Crippen molar-refractivity contribution in [3.05, 3.63) is 63.4 Å². The van der Waals surface area contributed by atoms with E-state index in [2.05, 4.69) is 0 Å². The van der Waals surface area contributed by atoms with Gasteiger partial charge in [-0.1, -0.05) is 35.3 Å². The minimum absolute atomic E-state index is 0.0182. The summed E-state index contributed by atoms with van der Waals surface area (Å²) in [6, 6.07) is 9.06. The van der Waals surface area contributed by atoms with Crippen LogP contribution >= 0.6 is 23.2 Å². The van der Waals surface area contributed by atoms with Crippen LogP contribution in [0.2, 0.25) is 10.0 Å². The van der Waals surface area contributed by atoms with E-state index in [1.807, 2.05) is 0 Å². The molecule has 5 heteroatoms. The highest BCUT2D eigenvalue weighted by atomic mass is 35.5. The standard InChI is InChI=1S/C14H11Cl2FO2/c1-19-13-7-9(3-5-11(13)16)14(18)8-2-4-10(15)12(17)6-8/h2-7,14,18H,1H3. The third-order valence-corrected chi connectivity index (χ3v) is 3.37. The molecule has 1 unspecified atom stereocenters. The summed E-state index contributed by atoms with van der Waals surface area (Å²) < 4.78 is 18.5. The first-order valence-corrected chi connectivity index (χ1v) is 6.25. The van der Waals surface area contributed by atoms with Crippen molar-refractivity contribution in [2.24, 2.45) is 0 Å². The van der Waals surface area contributed by atoms with Crippen molar-refractivity contribution >= 4 is 23.2 Å². The van der Waals surface area contributed by atoms with Crippen LogP contribution in [0, 0.1) is 5.82 Å². The number of hydrogen-bond donors (Lipinski definition) is 1. The van der Waals surface area contributed by atoms with Crippen molar-refractivity contribution in [1.29, 1.82) is 0 Å². The van der Waals surface area contributed by atoms with Crippen molar-refractivity contribution in [2.45, 2.75) is 6.10 Å². The lowest BCUT2D eigenvalue weighted by atomic mass is 10.0. The van der Waals surface area contributed by atoms with E-state index >= 15 is 0 Å². The van der Waals surface area contributed by atoms with E-state index < -0.39 is 11.9 Å². The lowest BCUT2D eigenvalue weighted by Crippen LogP contribution is -2.01. The van der Waals surface area contributed by atoms with Crippen LogP contribution in [0.15, 0.2) is 36.4 Å². The first-order chi connectivity index (χ1) is 9.02. The van der Waals surface area contributed by atoms with Gasteiger partial charge >= 0.3 is 0 Å². The van der Waals surface area contributed by atoms with Gasteiger partial charge in [0.1, 0.15) is 17.7 Å². The van der Waals surface area contributed by atoms with Gasteiger partial charge in [-0.2, -0.15) is 0 Å². The number of rotatable bonds is 3. The van der Waals surface area contributed by atoms with Gasteiger partial charge in [0.25, 0.3) is 0 Å². The summed E-state index contributed by atoms with van der Waals surface area (Å²) in [5.41, 5.74) is 0.967. The quantitative estimate of drug-likeness (QED) is 0.919. The topological polar surface area (TPSA) is 29.5 Å². The molecule has 100 valence electrons. The Morgan fingerprint density at radius 3 is 2.21 bits per heavy atom. The molecule has 0 aliphatic carbocycles. The summed E-state index contributed by atoms with van der Waals surface area (Å²) in [5, 5.41) is 10.7. The number of benzene rings is 2. The van der Waals surface area contributed by atoms with Crippen LogP contribution in [0.5, 0.6) is 5.75 Å². The Hall–Kier alpha value is -1.29. The van der Waals surface area contributed by atoms with Crippen molar-refractivity contribution in [3.63, 3.8) is 0 Å². The highest BCUT2D eigenvalue weighted by Gasteiger charge is 2.14. The van der Waals surface area contributed by atoms with Crippen LogP contribution in [0.3, 0.4) is 0 Å². The summed E-state index contributed by atoms with van der Waals surface area (Å²) >= 11 is 11.5. The molecule has 0 aromatic heterocycles. The third-order valence-electron chi connectivity index (χ3n) is 2.75. The molecule has 0 saturated heterocycles. The second-order valence-corrected chi connectivity index (χ2v) is 4.78. The second-order valence-electron chi connectivity index (χ2n) is 3.97. The summed E-state index contributed by atoms with van der Waals surface area (Å²) in [7, 11) is 1.49. The molecular weight excluding hydrogens is 290 g/mol. The zero-order chi connectivity index (χ0) is 14.0. The molecule has 0 saturated carbocycles. The van der Waals surface area contributed by atoms with Crippen LogP contribution in [0.1, 0.15) is 17.2 Å². The van der Waals surface area contributed by atoms with Crippen LogP contribution in [0.25, 0.3) is 0 Å². The fourth-order valence-corrected chi connectivity index (χ4v) is 2.03. The number of hydrogen-bond acceptors (Lipinski definition) is 2. The van der Waals surface area contributed by atoms with Crippen LogP contribution in [-0.2, 0) is 0 Å². The maximum Gasteiger partial charge on any atom is 0.142 e. The second kappa shape index (κ2) is 5.78. The fourth-order valence-electron chi connectivity index (χ4n) is 1.72. The molecule has 1 N–H and O–H groups in total. The molecule has 0 spiro atoms. The monoisotopic (exact) mass is 300 g/mol. The Labute approximate surface area is 120 Å². The zero-order valence-electron chi connectivity index (χ0n) is 10.0. The van der Waals surface area contributed by atoms with Gasteiger partial charge in [-0.25, -0.2) is 4.39 Å². The first-order valence-electron chi connectivity index (χ1n) is 5.49. The number of ether oxygens (including phenoxy) is 1. The maximum atomic E-state index is 13.4. The van der Waals surface area contributed by atoms with E-state index in [-0.39, 0.29) is 5.02 Å². The Kier molecular flexibility index (Phi) is 4.30. The van der Waals surface area contributed by atoms with Gasteiger partial charge in [0.15, 0.2) is 0 Å².